The largest absolute Gasteiger partial charge is 0.350 e. The second kappa shape index (κ2) is 8.65. The van der Waals surface area contributed by atoms with Crippen molar-refractivity contribution in [2.45, 2.75) is 13.1 Å². The average Bonchev–Trinajstić information content (AvgIpc) is 3.14. The molecule has 0 saturated heterocycles. The highest BCUT2D eigenvalue weighted by Gasteiger charge is 2.17. The highest BCUT2D eigenvalue weighted by atomic mass is 35.5. The van der Waals surface area contributed by atoms with Crippen LogP contribution >= 0.6 is 11.6 Å². The summed E-state index contributed by atoms with van der Waals surface area (Å²) in [7, 11) is 0. The van der Waals surface area contributed by atoms with Crippen molar-refractivity contribution in [2.75, 3.05) is 6.54 Å². The van der Waals surface area contributed by atoms with Crippen LogP contribution < -0.4 is 10.9 Å². The molecular weight excluding hydrogens is 428 g/mol. The Labute approximate surface area is 179 Å². The van der Waals surface area contributed by atoms with Gasteiger partial charge in [-0.05, 0) is 29.8 Å². The summed E-state index contributed by atoms with van der Waals surface area (Å²) in [6.07, 6.45) is 2.81. The molecule has 4 rings (SSSR count). The molecule has 31 heavy (non-hydrogen) atoms. The SMILES string of the molecule is O=C(NCCn1ncc2c(=O)n(Cc3cccc(Cl)c3)cnc21)c1c(F)cccc1F. The molecule has 2 aromatic heterocycles. The fraction of sp³-hybridized carbons (Fsp3) is 0.143. The molecule has 158 valence electrons. The number of benzene rings is 2. The summed E-state index contributed by atoms with van der Waals surface area (Å²) in [6, 6.07) is 10.4. The van der Waals surface area contributed by atoms with Crippen LogP contribution in [0.5, 0.6) is 0 Å². The van der Waals surface area contributed by atoms with E-state index in [1.807, 2.05) is 6.07 Å². The number of carbonyl (C=O) groups is 1. The van der Waals surface area contributed by atoms with Gasteiger partial charge in [0, 0.05) is 11.6 Å². The standard InChI is InChI=1S/C21H16ClF2N5O2/c22-14-4-1-3-13(9-14)11-28-12-26-19-15(21(28)31)10-27-29(19)8-7-25-20(30)18-16(23)5-2-6-17(18)24/h1-6,9-10,12H,7-8,11H2,(H,25,30). The van der Waals surface area contributed by atoms with Crippen molar-refractivity contribution in [2.24, 2.45) is 0 Å². The predicted molar refractivity (Wildman–Crippen MR) is 111 cm³/mol. The van der Waals surface area contributed by atoms with Crippen LogP contribution in [-0.4, -0.2) is 31.8 Å². The van der Waals surface area contributed by atoms with E-state index in [9.17, 15) is 18.4 Å². The maximum atomic E-state index is 13.7. The molecule has 2 heterocycles. The molecule has 1 amide bonds. The van der Waals surface area contributed by atoms with Gasteiger partial charge in [0.1, 0.15) is 28.9 Å². The number of hydrogen-bond acceptors (Lipinski definition) is 4. The average molecular weight is 444 g/mol. The van der Waals surface area contributed by atoms with Gasteiger partial charge in [0.15, 0.2) is 5.65 Å². The van der Waals surface area contributed by atoms with Crippen molar-refractivity contribution in [3.63, 3.8) is 0 Å². The van der Waals surface area contributed by atoms with Crippen LogP contribution in [0.4, 0.5) is 8.78 Å². The van der Waals surface area contributed by atoms with E-state index in [-0.39, 0.29) is 18.6 Å². The molecule has 0 aliphatic rings. The number of nitrogens with one attached hydrogen (secondary N) is 1. The van der Waals surface area contributed by atoms with Crippen molar-refractivity contribution in [1.82, 2.24) is 24.6 Å². The van der Waals surface area contributed by atoms with Gasteiger partial charge in [-0.3, -0.25) is 14.2 Å². The summed E-state index contributed by atoms with van der Waals surface area (Å²) < 4.78 is 30.3. The van der Waals surface area contributed by atoms with Crippen LogP contribution in [0, 0.1) is 11.6 Å². The summed E-state index contributed by atoms with van der Waals surface area (Å²) in [5.41, 5.74) is 0.286. The molecule has 0 aliphatic carbocycles. The molecule has 2 aromatic carbocycles. The van der Waals surface area contributed by atoms with E-state index in [4.69, 9.17) is 11.6 Å². The maximum Gasteiger partial charge on any atom is 0.264 e. The highest BCUT2D eigenvalue weighted by molar-refractivity contribution is 6.30. The number of nitrogens with zero attached hydrogens (tertiary/aromatic N) is 4. The van der Waals surface area contributed by atoms with Gasteiger partial charge in [0.2, 0.25) is 0 Å². The first-order valence-corrected chi connectivity index (χ1v) is 9.69. The van der Waals surface area contributed by atoms with Gasteiger partial charge in [0.05, 0.1) is 19.3 Å². The Kier molecular flexibility index (Phi) is 5.77. The number of halogens is 3. The second-order valence-corrected chi connectivity index (χ2v) is 7.20. The lowest BCUT2D eigenvalue weighted by molar-refractivity contribution is 0.0943. The summed E-state index contributed by atoms with van der Waals surface area (Å²) in [5, 5.41) is 7.48. The molecule has 0 saturated carbocycles. The molecule has 0 radical (unpaired) electrons. The molecule has 10 heteroatoms. The Hall–Kier alpha value is -3.59. The number of amides is 1. The topological polar surface area (TPSA) is 81.8 Å². The molecule has 7 nitrogen and oxygen atoms in total. The smallest absolute Gasteiger partial charge is 0.264 e. The molecule has 0 aliphatic heterocycles. The summed E-state index contributed by atoms with van der Waals surface area (Å²) in [4.78, 5) is 29.1. The van der Waals surface area contributed by atoms with Gasteiger partial charge in [-0.15, -0.1) is 0 Å². The number of carbonyl (C=O) groups excluding carboxylic acids is 1. The predicted octanol–water partition coefficient (Wildman–Crippen LogP) is 3.00. The Morgan fingerprint density at radius 2 is 1.87 bits per heavy atom. The van der Waals surface area contributed by atoms with Gasteiger partial charge < -0.3 is 5.32 Å². The van der Waals surface area contributed by atoms with Gasteiger partial charge in [-0.25, -0.2) is 18.4 Å². The van der Waals surface area contributed by atoms with Gasteiger partial charge in [-0.2, -0.15) is 5.10 Å². The van der Waals surface area contributed by atoms with Crippen molar-refractivity contribution >= 4 is 28.5 Å². The maximum absolute atomic E-state index is 13.7. The fourth-order valence-electron chi connectivity index (χ4n) is 3.18. The van der Waals surface area contributed by atoms with Crippen molar-refractivity contribution in [3.05, 3.63) is 93.1 Å². The van der Waals surface area contributed by atoms with Crippen LogP contribution in [0.3, 0.4) is 0 Å². The van der Waals surface area contributed by atoms with Crippen LogP contribution in [0.15, 0.2) is 59.8 Å². The van der Waals surface area contributed by atoms with Crippen LogP contribution in [0.2, 0.25) is 5.02 Å². The third-order valence-corrected chi connectivity index (χ3v) is 4.90. The lowest BCUT2D eigenvalue weighted by Gasteiger charge is -2.08. The normalized spacial score (nSPS) is 11.1. The van der Waals surface area contributed by atoms with Crippen LogP contribution in [0.1, 0.15) is 15.9 Å². The van der Waals surface area contributed by atoms with Crippen LogP contribution in [0.25, 0.3) is 11.0 Å². The lowest BCUT2D eigenvalue weighted by atomic mass is 10.2. The molecule has 0 unspecified atom stereocenters. The first-order chi connectivity index (χ1) is 14.9. The third-order valence-electron chi connectivity index (χ3n) is 4.66. The zero-order valence-corrected chi connectivity index (χ0v) is 16.8. The molecule has 0 atom stereocenters. The Morgan fingerprint density at radius 1 is 1.13 bits per heavy atom. The minimum atomic E-state index is -0.941. The first-order valence-electron chi connectivity index (χ1n) is 9.31. The van der Waals surface area contributed by atoms with E-state index < -0.39 is 23.1 Å². The van der Waals surface area contributed by atoms with E-state index in [1.165, 1.54) is 27.8 Å². The van der Waals surface area contributed by atoms with E-state index in [0.717, 1.165) is 17.7 Å². The Bertz CT molecular complexity index is 1310. The zero-order chi connectivity index (χ0) is 22.0. The minimum absolute atomic E-state index is 0.0384. The van der Waals surface area contributed by atoms with E-state index in [2.05, 4.69) is 15.4 Å². The number of fused-ring (bicyclic) bond motifs is 1. The highest BCUT2D eigenvalue weighted by Crippen LogP contribution is 2.13. The van der Waals surface area contributed by atoms with Gasteiger partial charge >= 0.3 is 0 Å². The molecule has 4 aromatic rings. The number of rotatable bonds is 6. The Morgan fingerprint density at radius 3 is 2.61 bits per heavy atom. The van der Waals surface area contributed by atoms with E-state index in [1.54, 1.807) is 18.2 Å². The first kappa shape index (κ1) is 20.7. The van der Waals surface area contributed by atoms with Crippen LogP contribution in [-0.2, 0) is 13.1 Å². The second-order valence-electron chi connectivity index (χ2n) is 6.77. The lowest BCUT2D eigenvalue weighted by Crippen LogP contribution is -2.29. The molecule has 0 fully saturated rings. The molecule has 0 spiro atoms. The van der Waals surface area contributed by atoms with Gasteiger partial charge in [0.25, 0.3) is 11.5 Å². The Balaban J connectivity index is 1.48. The molecule has 0 bridgehead atoms. The summed E-state index contributed by atoms with van der Waals surface area (Å²) >= 11 is 5.99. The quantitative estimate of drug-likeness (QED) is 0.496. The third kappa shape index (κ3) is 4.31. The molecular formula is C21H16ClF2N5O2. The van der Waals surface area contributed by atoms with E-state index >= 15 is 0 Å². The fourth-order valence-corrected chi connectivity index (χ4v) is 3.40. The number of hydrogen-bond donors (Lipinski definition) is 1. The van der Waals surface area contributed by atoms with Crippen molar-refractivity contribution in [1.29, 1.82) is 0 Å². The van der Waals surface area contributed by atoms with Crippen molar-refractivity contribution < 1.29 is 13.6 Å². The van der Waals surface area contributed by atoms with Gasteiger partial charge in [-0.1, -0.05) is 29.8 Å². The molecule has 1 N–H and O–H groups in total. The zero-order valence-electron chi connectivity index (χ0n) is 16.1. The minimum Gasteiger partial charge on any atom is -0.350 e. The summed E-state index contributed by atoms with van der Waals surface area (Å²) in [6.45, 7) is 0.504. The van der Waals surface area contributed by atoms with E-state index in [0.29, 0.717) is 22.6 Å². The summed E-state index contributed by atoms with van der Waals surface area (Å²) in [5.74, 6) is -2.75. The monoisotopic (exact) mass is 443 g/mol. The number of aromatic nitrogens is 4. The van der Waals surface area contributed by atoms with Crippen molar-refractivity contribution in [3.8, 4) is 0 Å².